The molecule has 1 aliphatic rings. The van der Waals surface area contributed by atoms with Crippen LogP contribution in [0.2, 0.25) is 0 Å². The van der Waals surface area contributed by atoms with Gasteiger partial charge in [0.1, 0.15) is 0 Å². The molecule has 0 fully saturated rings. The summed E-state index contributed by atoms with van der Waals surface area (Å²) in [6.45, 7) is 4.20. The number of fused-ring (bicyclic) bond motifs is 2. The number of hydrogen-bond acceptors (Lipinski definition) is 1. The lowest BCUT2D eigenvalue weighted by Gasteiger charge is -2.31. The lowest BCUT2D eigenvalue weighted by molar-refractivity contribution is 1.17. The first-order valence-corrected chi connectivity index (χ1v) is 5.40. The normalized spacial score (nSPS) is 12.9. The van der Waals surface area contributed by atoms with E-state index in [9.17, 15) is 0 Å². The van der Waals surface area contributed by atoms with E-state index in [1.165, 1.54) is 29.9 Å². The summed E-state index contributed by atoms with van der Waals surface area (Å²) in [4.78, 5) is 2.22. The Morgan fingerprint density at radius 2 is 1.35 bits per heavy atom. The van der Waals surface area contributed by atoms with Gasteiger partial charge in [-0.2, -0.15) is 0 Å². The molecule has 0 N–H and O–H groups in total. The second-order valence-electron chi connectivity index (χ2n) is 4.07. The summed E-state index contributed by atoms with van der Waals surface area (Å²) in [7, 11) is 3.35. The molecule has 86 valence electrons. The van der Waals surface area contributed by atoms with E-state index in [4.69, 9.17) is 1.37 Å². The van der Waals surface area contributed by atoms with Crippen LogP contribution in [0.3, 0.4) is 0 Å². The predicted octanol–water partition coefficient (Wildman–Crippen LogP) is 4.47. The first-order chi connectivity index (χ1) is 8.79. The highest BCUT2D eigenvalue weighted by Gasteiger charge is 2.21. The maximum atomic E-state index is 5.75. The Bertz CT molecular complexity index is 525. The highest BCUT2D eigenvalue weighted by Crippen LogP contribution is 2.42. The Hall–Kier alpha value is -2.02. The fourth-order valence-electron chi connectivity index (χ4n) is 2.32. The zero-order valence-electron chi connectivity index (χ0n) is 11.3. The number of hydrogen-bond donors (Lipinski definition) is 0. The molecule has 1 aliphatic heterocycles. The maximum Gasteiger partial charge on any atom is 0.0487 e. The molecule has 0 saturated heterocycles. The van der Waals surface area contributed by atoms with Crippen molar-refractivity contribution in [1.82, 2.24) is 0 Å². The van der Waals surface area contributed by atoms with Crippen molar-refractivity contribution in [3.8, 4) is 0 Å². The largest absolute Gasteiger partial charge is 0.344 e. The van der Waals surface area contributed by atoms with Crippen LogP contribution in [0.1, 0.15) is 19.9 Å². The van der Waals surface area contributed by atoms with E-state index in [-0.39, 0.29) is 0 Å². The SMILES string of the molecule is C=C1c2ccccc2N(C)c2ccccc21.[3H]C. The molecule has 0 spiro atoms. The van der Waals surface area contributed by atoms with Crippen LogP contribution in [-0.4, -0.2) is 7.05 Å². The van der Waals surface area contributed by atoms with Gasteiger partial charge in [0.25, 0.3) is 0 Å². The van der Waals surface area contributed by atoms with Crippen molar-refractivity contribution in [3.05, 3.63) is 66.2 Å². The van der Waals surface area contributed by atoms with Crippen LogP contribution in [0.4, 0.5) is 11.4 Å². The molecule has 1 nitrogen and oxygen atoms in total. The Balaban J connectivity index is 0.000000574. The van der Waals surface area contributed by atoms with Gasteiger partial charge in [-0.25, -0.2) is 0 Å². The molecule has 1 heterocycles. The molecule has 1 heteroatoms. The molecule has 0 atom stereocenters. The summed E-state index contributed by atoms with van der Waals surface area (Å²) in [6.07, 6.45) is 0. The van der Waals surface area contributed by atoms with Gasteiger partial charge in [0.15, 0.2) is 0 Å². The van der Waals surface area contributed by atoms with E-state index in [1.54, 1.807) is 0 Å². The third kappa shape index (κ3) is 1.55. The van der Waals surface area contributed by atoms with E-state index in [1.807, 2.05) is 0 Å². The van der Waals surface area contributed by atoms with Crippen molar-refractivity contribution >= 4 is 16.9 Å². The quantitative estimate of drug-likeness (QED) is 0.639. The second-order valence-corrected chi connectivity index (χ2v) is 4.07. The topological polar surface area (TPSA) is 3.24 Å². The third-order valence-electron chi connectivity index (χ3n) is 3.18. The summed E-state index contributed by atoms with van der Waals surface area (Å²) in [5, 5.41) is 0. The lowest BCUT2D eigenvalue weighted by atomic mass is 9.92. The number of benzene rings is 2. The van der Waals surface area contributed by atoms with Gasteiger partial charge in [-0.15, -0.1) is 0 Å². The summed E-state index contributed by atoms with van der Waals surface area (Å²) >= 11 is 0. The van der Waals surface area contributed by atoms with Gasteiger partial charge >= 0.3 is 0 Å². The fourth-order valence-corrected chi connectivity index (χ4v) is 2.32. The van der Waals surface area contributed by atoms with Crippen molar-refractivity contribution in [2.45, 2.75) is 7.40 Å². The molecule has 0 aromatic heterocycles. The zero-order valence-corrected chi connectivity index (χ0v) is 10.3. The lowest BCUT2D eigenvalue weighted by Crippen LogP contribution is -2.17. The summed E-state index contributed by atoms with van der Waals surface area (Å²) in [6, 6.07) is 16.8. The minimum atomic E-state index is 1.12. The van der Waals surface area contributed by atoms with Crippen LogP contribution < -0.4 is 4.90 Å². The average molecular weight is 225 g/mol. The van der Waals surface area contributed by atoms with Crippen LogP contribution in [0.15, 0.2) is 55.1 Å². The van der Waals surface area contributed by atoms with Gasteiger partial charge in [-0.05, 0) is 17.7 Å². The second kappa shape index (κ2) is 4.10. The first-order valence-electron chi connectivity index (χ1n) is 6.40. The number of nitrogens with zero attached hydrogens (tertiary/aromatic N) is 1. The van der Waals surface area contributed by atoms with Crippen molar-refractivity contribution in [2.24, 2.45) is 0 Å². The average Bonchev–Trinajstić information content (AvgIpc) is 2.47. The Morgan fingerprint density at radius 3 is 1.82 bits per heavy atom. The standard InChI is InChI=1S/C15H13N.CH4/c1-11-12-7-3-5-9-14(12)16(2)15-10-6-4-8-13(11)15;/h3-10H,1H2,2H3;1H4/i;1T. The molecule has 0 bridgehead atoms. The molecule has 0 amide bonds. The van der Waals surface area contributed by atoms with Crippen molar-refractivity contribution in [3.63, 3.8) is 0 Å². The highest BCUT2D eigenvalue weighted by molar-refractivity contribution is 5.96. The van der Waals surface area contributed by atoms with E-state index < -0.39 is 0 Å². The number of rotatable bonds is 0. The molecular weight excluding hydrogens is 206 g/mol. The van der Waals surface area contributed by atoms with Gasteiger partial charge in [-0.1, -0.05) is 50.4 Å². The molecule has 3 rings (SSSR count). The molecule has 0 radical (unpaired) electrons. The number of para-hydroxylation sites is 2. The van der Waals surface area contributed by atoms with Crippen molar-refractivity contribution in [2.75, 3.05) is 11.9 Å². The predicted molar refractivity (Wildman–Crippen MR) is 75.8 cm³/mol. The van der Waals surface area contributed by atoms with Crippen LogP contribution in [0, 0.1) is 0 Å². The molecule has 2 aromatic rings. The molecule has 0 saturated carbocycles. The monoisotopic (exact) mass is 225 g/mol. The fraction of sp³-hybridized carbons (Fsp3) is 0.125. The summed E-state index contributed by atoms with van der Waals surface area (Å²) in [5.74, 6) is 0. The maximum absolute atomic E-state index is 5.75. The van der Waals surface area contributed by atoms with Crippen LogP contribution in [0.5, 0.6) is 0 Å². The van der Waals surface area contributed by atoms with Crippen molar-refractivity contribution in [1.29, 1.82) is 0 Å². The summed E-state index contributed by atoms with van der Waals surface area (Å²) < 4.78 is 5.75. The minimum Gasteiger partial charge on any atom is -0.344 e. The van der Waals surface area contributed by atoms with Crippen LogP contribution in [0.25, 0.3) is 5.57 Å². The highest BCUT2D eigenvalue weighted by atomic mass is 15.1. The van der Waals surface area contributed by atoms with E-state index >= 15 is 0 Å². The molecular formula is C16H17N. The van der Waals surface area contributed by atoms with Crippen LogP contribution in [-0.2, 0) is 0 Å². The van der Waals surface area contributed by atoms with Gasteiger partial charge < -0.3 is 4.90 Å². The molecule has 2 aromatic carbocycles. The smallest absolute Gasteiger partial charge is 0.0487 e. The van der Waals surface area contributed by atoms with Gasteiger partial charge in [0.2, 0.25) is 0 Å². The molecule has 17 heavy (non-hydrogen) atoms. The van der Waals surface area contributed by atoms with Gasteiger partial charge in [0.05, 0.1) is 0 Å². The van der Waals surface area contributed by atoms with E-state index in [0.29, 0.717) is 0 Å². The Morgan fingerprint density at radius 1 is 0.941 bits per heavy atom. The van der Waals surface area contributed by atoms with Gasteiger partial charge in [0, 0.05) is 30.9 Å². The minimum absolute atomic E-state index is 1.12. The number of anilines is 2. The van der Waals surface area contributed by atoms with E-state index in [0.717, 1.165) is 5.57 Å². The third-order valence-corrected chi connectivity index (χ3v) is 3.18. The molecule has 0 aliphatic carbocycles. The van der Waals surface area contributed by atoms with Crippen molar-refractivity contribution < 1.29 is 1.37 Å². The zero-order chi connectivity index (χ0) is 13.1. The molecule has 0 unspecified atom stereocenters. The van der Waals surface area contributed by atoms with Gasteiger partial charge in [-0.3, -0.25) is 0 Å². The Labute approximate surface area is 104 Å². The van der Waals surface area contributed by atoms with Crippen LogP contribution >= 0.6 is 0 Å². The summed E-state index contributed by atoms with van der Waals surface area (Å²) in [5.41, 5.74) is 6.02. The van der Waals surface area contributed by atoms with E-state index in [2.05, 4.69) is 67.1 Å². The first kappa shape index (κ1) is 10.2. The Kier molecular flexibility index (Phi) is 2.45.